The Bertz CT molecular complexity index is 926. The molecule has 0 unspecified atom stereocenters. The second kappa shape index (κ2) is 9.79. The molecular weight excluding hydrogens is 397 g/mol. The zero-order valence-corrected chi connectivity index (χ0v) is 17.4. The largest absolute Gasteiger partial charge is 0.348 e. The fourth-order valence-electron chi connectivity index (χ4n) is 2.67. The van der Waals surface area contributed by atoms with Gasteiger partial charge in [0.05, 0.1) is 5.75 Å². The Morgan fingerprint density at radius 1 is 1.18 bits per heavy atom. The first-order valence-corrected chi connectivity index (χ1v) is 11.0. The number of hydrogen-bond acceptors (Lipinski definition) is 7. The van der Waals surface area contributed by atoms with Gasteiger partial charge in [-0.1, -0.05) is 36.9 Å². The molecule has 0 radical (unpaired) electrons. The summed E-state index contributed by atoms with van der Waals surface area (Å²) in [6, 6.07) is 5.69. The third kappa shape index (κ3) is 5.17. The Hall–Kier alpha value is -2.26. The topological polar surface area (TPSA) is 71.0 Å². The molecule has 0 aliphatic heterocycles. The van der Waals surface area contributed by atoms with Crippen molar-refractivity contribution >= 4 is 50.2 Å². The molecule has 3 rings (SSSR count). The van der Waals surface area contributed by atoms with Crippen LogP contribution in [0.15, 0.2) is 35.6 Å². The van der Waals surface area contributed by atoms with Gasteiger partial charge in [0.1, 0.15) is 21.9 Å². The van der Waals surface area contributed by atoms with Crippen molar-refractivity contribution in [3.05, 3.63) is 36.4 Å². The number of nitrogens with zero attached hydrogens (tertiary/aromatic N) is 4. The van der Waals surface area contributed by atoms with E-state index in [0.717, 1.165) is 40.8 Å². The van der Waals surface area contributed by atoms with Gasteiger partial charge in [0.25, 0.3) is 0 Å². The van der Waals surface area contributed by atoms with Gasteiger partial charge in [-0.15, -0.1) is 0 Å². The molecule has 1 aromatic carbocycles. The summed E-state index contributed by atoms with van der Waals surface area (Å²) in [5, 5.41) is 4.44. The molecule has 0 bridgehead atoms. The van der Waals surface area contributed by atoms with E-state index in [4.69, 9.17) is 0 Å². The molecule has 6 nitrogen and oxygen atoms in total. The van der Waals surface area contributed by atoms with E-state index in [-0.39, 0.29) is 17.5 Å². The van der Waals surface area contributed by atoms with Crippen LogP contribution in [0.5, 0.6) is 0 Å². The van der Waals surface area contributed by atoms with Crippen molar-refractivity contribution in [1.82, 2.24) is 15.0 Å². The monoisotopic (exact) mass is 419 g/mol. The molecule has 0 saturated carbocycles. The number of benzene rings is 1. The van der Waals surface area contributed by atoms with Crippen LogP contribution in [-0.4, -0.2) is 39.7 Å². The number of hydrogen-bond donors (Lipinski definition) is 1. The van der Waals surface area contributed by atoms with Crippen LogP contribution in [0.4, 0.5) is 15.2 Å². The van der Waals surface area contributed by atoms with Crippen LogP contribution in [0.25, 0.3) is 10.3 Å². The summed E-state index contributed by atoms with van der Waals surface area (Å²) < 4.78 is 13.9. The summed E-state index contributed by atoms with van der Waals surface area (Å²) in [6.07, 6.45) is 3.58. The summed E-state index contributed by atoms with van der Waals surface area (Å²) in [5.41, 5.74) is 1.23. The van der Waals surface area contributed by atoms with Crippen LogP contribution in [0.1, 0.15) is 26.7 Å². The highest BCUT2D eigenvalue weighted by Crippen LogP contribution is 2.33. The third-order valence-electron chi connectivity index (χ3n) is 3.87. The first-order valence-electron chi connectivity index (χ1n) is 9.15. The summed E-state index contributed by atoms with van der Waals surface area (Å²) in [6.45, 7) is 6.20. The normalized spacial score (nSPS) is 11.0. The summed E-state index contributed by atoms with van der Waals surface area (Å²) in [7, 11) is 0. The summed E-state index contributed by atoms with van der Waals surface area (Å²) in [5.74, 6) is -0.312. The highest BCUT2D eigenvalue weighted by molar-refractivity contribution is 8.00. The average Bonchev–Trinajstić information content (AvgIpc) is 3.13. The number of anilines is 2. The van der Waals surface area contributed by atoms with Crippen LogP contribution >= 0.6 is 23.1 Å². The number of carbonyl (C=O) groups excluding carboxylic acids is 1. The van der Waals surface area contributed by atoms with Crippen molar-refractivity contribution in [3.63, 3.8) is 0 Å². The van der Waals surface area contributed by atoms with Gasteiger partial charge >= 0.3 is 0 Å². The number of halogens is 1. The van der Waals surface area contributed by atoms with Gasteiger partial charge < -0.3 is 10.2 Å². The minimum atomic E-state index is -0.336. The van der Waals surface area contributed by atoms with Crippen LogP contribution in [0, 0.1) is 5.82 Å². The maximum Gasteiger partial charge on any atom is 0.234 e. The molecule has 1 amide bonds. The van der Waals surface area contributed by atoms with E-state index in [1.165, 1.54) is 42.4 Å². The predicted molar refractivity (Wildman–Crippen MR) is 114 cm³/mol. The molecule has 1 N–H and O–H groups in total. The molecule has 3 aromatic rings. The quantitative estimate of drug-likeness (QED) is 0.404. The van der Waals surface area contributed by atoms with E-state index in [1.54, 1.807) is 11.3 Å². The second-order valence-corrected chi connectivity index (χ2v) is 8.10. The van der Waals surface area contributed by atoms with E-state index in [1.807, 2.05) is 0 Å². The predicted octanol–water partition coefficient (Wildman–Crippen LogP) is 4.58. The Kier molecular flexibility index (Phi) is 7.16. The Morgan fingerprint density at radius 2 is 1.89 bits per heavy atom. The molecule has 0 atom stereocenters. The first kappa shape index (κ1) is 20.5. The first-order chi connectivity index (χ1) is 13.6. The number of thioether (sulfide) groups is 1. The fourth-order valence-corrected chi connectivity index (χ4v) is 4.61. The van der Waals surface area contributed by atoms with Gasteiger partial charge in [-0.3, -0.25) is 4.79 Å². The number of nitrogens with one attached hydrogen (secondary N) is 1. The molecule has 0 aliphatic rings. The minimum absolute atomic E-state index is 0.174. The van der Waals surface area contributed by atoms with E-state index in [2.05, 4.69) is 39.0 Å². The molecule has 0 spiro atoms. The Balaban J connectivity index is 1.70. The minimum Gasteiger partial charge on any atom is -0.348 e. The van der Waals surface area contributed by atoms with Crippen LogP contribution in [-0.2, 0) is 4.79 Å². The van der Waals surface area contributed by atoms with Gasteiger partial charge in [-0.05, 0) is 37.1 Å². The van der Waals surface area contributed by atoms with Gasteiger partial charge in [0.15, 0.2) is 10.8 Å². The summed E-state index contributed by atoms with van der Waals surface area (Å²) >= 11 is 2.91. The van der Waals surface area contributed by atoms with E-state index in [9.17, 15) is 9.18 Å². The summed E-state index contributed by atoms with van der Waals surface area (Å²) in [4.78, 5) is 27.7. The molecule has 2 heterocycles. The smallest absolute Gasteiger partial charge is 0.234 e. The van der Waals surface area contributed by atoms with Crippen LogP contribution in [0.3, 0.4) is 0 Å². The van der Waals surface area contributed by atoms with Crippen molar-refractivity contribution in [2.75, 3.05) is 29.1 Å². The average molecular weight is 420 g/mol. The van der Waals surface area contributed by atoms with E-state index in [0.29, 0.717) is 11.3 Å². The van der Waals surface area contributed by atoms with Crippen molar-refractivity contribution in [3.8, 4) is 0 Å². The number of aromatic nitrogens is 3. The highest BCUT2D eigenvalue weighted by atomic mass is 32.2. The van der Waals surface area contributed by atoms with Crippen molar-refractivity contribution in [2.24, 2.45) is 0 Å². The molecule has 0 aliphatic carbocycles. The zero-order valence-electron chi connectivity index (χ0n) is 15.8. The van der Waals surface area contributed by atoms with Gasteiger partial charge in [-0.2, -0.15) is 4.98 Å². The number of carbonyl (C=O) groups is 1. The molecule has 2 aromatic heterocycles. The van der Waals surface area contributed by atoms with Crippen LogP contribution in [0.2, 0.25) is 0 Å². The van der Waals surface area contributed by atoms with E-state index < -0.39 is 0 Å². The second-order valence-electron chi connectivity index (χ2n) is 6.16. The van der Waals surface area contributed by atoms with Crippen LogP contribution < -0.4 is 10.2 Å². The van der Waals surface area contributed by atoms with Crippen molar-refractivity contribution in [1.29, 1.82) is 0 Å². The van der Waals surface area contributed by atoms with Gasteiger partial charge in [-0.25, -0.2) is 14.4 Å². The Labute approximate surface area is 171 Å². The molecule has 28 heavy (non-hydrogen) atoms. The zero-order chi connectivity index (χ0) is 19.9. The number of amides is 1. The molecular formula is C19H22FN5OS2. The standard InChI is InChI=1S/C19H22FN5OS2/c1-3-9-25(10-4-2)19-24-17-16(28-19)18(22-12-21-17)27-11-15(26)23-14-7-5-13(20)6-8-14/h5-8,12H,3-4,9-11H2,1-2H3,(H,23,26). The lowest BCUT2D eigenvalue weighted by atomic mass is 10.3. The number of thiazole rings is 1. The molecule has 0 fully saturated rings. The molecule has 148 valence electrons. The van der Waals surface area contributed by atoms with Gasteiger partial charge in [0.2, 0.25) is 5.91 Å². The van der Waals surface area contributed by atoms with Gasteiger partial charge in [0, 0.05) is 18.8 Å². The van der Waals surface area contributed by atoms with Crippen molar-refractivity contribution in [2.45, 2.75) is 31.7 Å². The lowest BCUT2D eigenvalue weighted by Crippen LogP contribution is -2.24. The number of fused-ring (bicyclic) bond motifs is 1. The maximum absolute atomic E-state index is 13.0. The Morgan fingerprint density at radius 3 is 2.57 bits per heavy atom. The fraction of sp³-hybridized carbons (Fsp3) is 0.368. The third-order valence-corrected chi connectivity index (χ3v) is 6.10. The lowest BCUT2D eigenvalue weighted by molar-refractivity contribution is -0.113. The lowest BCUT2D eigenvalue weighted by Gasteiger charge is -2.19. The molecule has 0 saturated heterocycles. The highest BCUT2D eigenvalue weighted by Gasteiger charge is 2.16. The SMILES string of the molecule is CCCN(CCC)c1nc2ncnc(SCC(=O)Nc3ccc(F)cc3)c2s1. The number of rotatable bonds is 9. The van der Waals surface area contributed by atoms with Crippen molar-refractivity contribution < 1.29 is 9.18 Å². The molecule has 9 heteroatoms. The van der Waals surface area contributed by atoms with E-state index >= 15 is 0 Å². The maximum atomic E-state index is 13.0.